The lowest BCUT2D eigenvalue weighted by Crippen LogP contribution is -2.31. The average molecular weight is 222 g/mol. The third-order valence-corrected chi connectivity index (χ3v) is 1.97. The lowest BCUT2D eigenvalue weighted by atomic mass is 10.2. The highest BCUT2D eigenvalue weighted by atomic mass is 19.1. The van der Waals surface area contributed by atoms with Crippen molar-refractivity contribution >= 4 is 6.03 Å². The van der Waals surface area contributed by atoms with Crippen molar-refractivity contribution in [3.8, 4) is 0 Å². The van der Waals surface area contributed by atoms with Crippen LogP contribution in [0.5, 0.6) is 0 Å². The molecule has 2 amide bonds. The molecule has 4 heteroatoms. The third-order valence-electron chi connectivity index (χ3n) is 1.97. The van der Waals surface area contributed by atoms with Gasteiger partial charge in [-0.25, -0.2) is 9.18 Å². The molecule has 0 unspecified atom stereocenters. The maximum absolute atomic E-state index is 13.2. The molecular formula is C12H15FN2O. The highest BCUT2D eigenvalue weighted by Gasteiger charge is 2.01. The van der Waals surface area contributed by atoms with Gasteiger partial charge in [0.1, 0.15) is 5.82 Å². The van der Waals surface area contributed by atoms with E-state index >= 15 is 0 Å². The number of carbonyl (C=O) groups is 1. The van der Waals surface area contributed by atoms with Crippen molar-refractivity contribution in [1.29, 1.82) is 0 Å². The zero-order valence-corrected chi connectivity index (χ0v) is 9.16. The van der Waals surface area contributed by atoms with Crippen LogP contribution in [0.1, 0.15) is 18.9 Å². The summed E-state index contributed by atoms with van der Waals surface area (Å²) in [4.78, 5) is 11.2. The Morgan fingerprint density at radius 1 is 1.44 bits per heavy atom. The molecule has 0 fully saturated rings. The van der Waals surface area contributed by atoms with E-state index in [4.69, 9.17) is 0 Å². The molecule has 0 aliphatic heterocycles. The second-order valence-corrected chi connectivity index (χ2v) is 3.23. The van der Waals surface area contributed by atoms with Crippen LogP contribution in [0.2, 0.25) is 0 Å². The summed E-state index contributed by atoms with van der Waals surface area (Å²) in [5, 5.41) is 5.08. The van der Waals surface area contributed by atoms with E-state index < -0.39 is 0 Å². The predicted molar refractivity (Wildman–Crippen MR) is 61.2 cm³/mol. The van der Waals surface area contributed by atoms with E-state index in [0.717, 1.165) is 6.42 Å². The van der Waals surface area contributed by atoms with Gasteiger partial charge in [-0.05, 0) is 12.5 Å². The first-order chi connectivity index (χ1) is 7.74. The minimum Gasteiger partial charge on any atom is -0.334 e. The van der Waals surface area contributed by atoms with Gasteiger partial charge in [0.25, 0.3) is 0 Å². The minimum atomic E-state index is -0.340. The Kier molecular flexibility index (Phi) is 5.05. The van der Waals surface area contributed by atoms with Crippen LogP contribution in [0.3, 0.4) is 0 Å². The number of urea groups is 1. The van der Waals surface area contributed by atoms with Gasteiger partial charge in [-0.2, -0.15) is 0 Å². The zero-order valence-electron chi connectivity index (χ0n) is 9.16. The largest absolute Gasteiger partial charge is 0.334 e. The molecule has 1 aromatic carbocycles. The van der Waals surface area contributed by atoms with Crippen molar-refractivity contribution in [3.05, 3.63) is 47.9 Å². The number of halogens is 1. The van der Waals surface area contributed by atoms with Crippen LogP contribution in [-0.4, -0.2) is 6.03 Å². The van der Waals surface area contributed by atoms with Crippen molar-refractivity contribution in [3.63, 3.8) is 0 Å². The first-order valence-corrected chi connectivity index (χ1v) is 5.16. The van der Waals surface area contributed by atoms with Crippen LogP contribution >= 0.6 is 0 Å². The molecule has 2 N–H and O–H groups in total. The minimum absolute atomic E-state index is 0.179. The fourth-order valence-corrected chi connectivity index (χ4v) is 1.12. The Morgan fingerprint density at radius 2 is 2.19 bits per heavy atom. The molecular weight excluding hydrogens is 207 g/mol. The molecule has 0 bridgehead atoms. The Balaban J connectivity index is 2.37. The highest BCUT2D eigenvalue weighted by Crippen LogP contribution is 2.04. The van der Waals surface area contributed by atoms with E-state index in [-0.39, 0.29) is 18.4 Å². The van der Waals surface area contributed by atoms with Gasteiger partial charge in [0.15, 0.2) is 0 Å². The molecule has 0 heterocycles. The SMILES string of the molecule is CC/C=C/NC(=O)NCc1ccccc1F. The quantitative estimate of drug-likeness (QED) is 0.807. The number of amides is 2. The second-order valence-electron chi connectivity index (χ2n) is 3.23. The summed E-state index contributed by atoms with van der Waals surface area (Å²) in [5.41, 5.74) is 0.470. The molecule has 16 heavy (non-hydrogen) atoms. The predicted octanol–water partition coefficient (Wildman–Crippen LogP) is 2.55. The van der Waals surface area contributed by atoms with Crippen LogP contribution in [0, 0.1) is 5.82 Å². The Bertz CT molecular complexity index is 377. The van der Waals surface area contributed by atoms with Crippen LogP contribution in [0.4, 0.5) is 9.18 Å². The smallest absolute Gasteiger partial charge is 0.319 e. The van der Waals surface area contributed by atoms with Crippen LogP contribution < -0.4 is 10.6 Å². The third kappa shape index (κ3) is 4.13. The lowest BCUT2D eigenvalue weighted by molar-refractivity contribution is 0.243. The Hall–Kier alpha value is -1.84. The van der Waals surface area contributed by atoms with Gasteiger partial charge in [-0.1, -0.05) is 31.2 Å². The summed E-state index contributed by atoms with van der Waals surface area (Å²) >= 11 is 0. The molecule has 0 saturated heterocycles. The Morgan fingerprint density at radius 3 is 2.88 bits per heavy atom. The molecule has 3 nitrogen and oxygen atoms in total. The molecule has 0 atom stereocenters. The van der Waals surface area contributed by atoms with Gasteiger partial charge >= 0.3 is 6.03 Å². The first kappa shape index (κ1) is 12.2. The van der Waals surface area contributed by atoms with Crippen LogP contribution in [-0.2, 0) is 6.54 Å². The number of allylic oxidation sites excluding steroid dienone is 1. The van der Waals surface area contributed by atoms with Gasteiger partial charge in [-0.3, -0.25) is 0 Å². The number of hydrogen-bond acceptors (Lipinski definition) is 1. The number of rotatable bonds is 4. The average Bonchev–Trinajstić information content (AvgIpc) is 2.28. The number of benzene rings is 1. The fraction of sp³-hybridized carbons (Fsp3) is 0.250. The molecule has 86 valence electrons. The van der Waals surface area contributed by atoms with Crippen LogP contribution in [0.15, 0.2) is 36.5 Å². The molecule has 0 aromatic heterocycles. The first-order valence-electron chi connectivity index (χ1n) is 5.16. The summed E-state index contributed by atoms with van der Waals surface area (Å²) < 4.78 is 13.2. The molecule has 0 aliphatic rings. The topological polar surface area (TPSA) is 41.1 Å². The number of nitrogens with one attached hydrogen (secondary N) is 2. The van der Waals surface area contributed by atoms with E-state index in [1.165, 1.54) is 6.07 Å². The van der Waals surface area contributed by atoms with Crippen molar-refractivity contribution in [2.24, 2.45) is 0 Å². The monoisotopic (exact) mass is 222 g/mol. The summed E-state index contributed by atoms with van der Waals surface area (Å²) in [7, 11) is 0. The van der Waals surface area contributed by atoms with Crippen molar-refractivity contribution < 1.29 is 9.18 Å². The van der Waals surface area contributed by atoms with E-state index in [0.29, 0.717) is 5.56 Å². The molecule has 0 aliphatic carbocycles. The molecule has 0 radical (unpaired) electrons. The van der Waals surface area contributed by atoms with E-state index in [9.17, 15) is 9.18 Å². The van der Waals surface area contributed by atoms with Gasteiger partial charge in [0.05, 0.1) is 0 Å². The van der Waals surface area contributed by atoms with Crippen molar-refractivity contribution in [1.82, 2.24) is 10.6 Å². The summed E-state index contributed by atoms with van der Waals surface area (Å²) in [5.74, 6) is -0.313. The van der Waals surface area contributed by atoms with E-state index in [2.05, 4.69) is 10.6 Å². The summed E-state index contributed by atoms with van der Waals surface area (Å²) in [6, 6.07) is 6.01. The molecule has 0 saturated carbocycles. The maximum Gasteiger partial charge on any atom is 0.319 e. The number of carbonyl (C=O) groups excluding carboxylic acids is 1. The summed E-state index contributed by atoms with van der Waals surface area (Å²) in [6.07, 6.45) is 4.24. The normalized spacial score (nSPS) is 10.4. The van der Waals surface area contributed by atoms with Gasteiger partial charge in [0.2, 0.25) is 0 Å². The maximum atomic E-state index is 13.2. The van der Waals surface area contributed by atoms with Crippen molar-refractivity contribution in [2.75, 3.05) is 0 Å². The lowest BCUT2D eigenvalue weighted by Gasteiger charge is -2.05. The van der Waals surface area contributed by atoms with Gasteiger partial charge < -0.3 is 10.6 Å². The Labute approximate surface area is 94.4 Å². The van der Waals surface area contributed by atoms with Crippen molar-refractivity contribution in [2.45, 2.75) is 19.9 Å². The molecule has 1 rings (SSSR count). The van der Waals surface area contributed by atoms with Gasteiger partial charge in [0, 0.05) is 18.3 Å². The standard InChI is InChI=1S/C12H15FN2O/c1-2-3-8-14-12(16)15-9-10-6-4-5-7-11(10)13/h3-8H,2,9H2,1H3,(H2,14,15,16)/b8-3+. The molecule has 0 spiro atoms. The van der Waals surface area contributed by atoms with E-state index in [1.54, 1.807) is 24.4 Å². The highest BCUT2D eigenvalue weighted by molar-refractivity contribution is 5.74. The molecule has 1 aromatic rings. The second kappa shape index (κ2) is 6.61. The fourth-order valence-electron chi connectivity index (χ4n) is 1.12. The number of hydrogen-bond donors (Lipinski definition) is 2. The van der Waals surface area contributed by atoms with Crippen LogP contribution in [0.25, 0.3) is 0 Å². The summed E-state index contributed by atoms with van der Waals surface area (Å²) in [6.45, 7) is 2.15. The zero-order chi connectivity index (χ0) is 11.8. The van der Waals surface area contributed by atoms with E-state index in [1.807, 2.05) is 13.0 Å². The van der Waals surface area contributed by atoms with Gasteiger partial charge in [-0.15, -0.1) is 0 Å².